The summed E-state index contributed by atoms with van der Waals surface area (Å²) in [4.78, 5) is 11.3. The lowest BCUT2D eigenvalue weighted by molar-refractivity contribution is -0.145. The van der Waals surface area contributed by atoms with Crippen LogP contribution in [0.3, 0.4) is 0 Å². The van der Waals surface area contributed by atoms with Crippen molar-refractivity contribution in [2.45, 2.75) is 83.4 Å². The summed E-state index contributed by atoms with van der Waals surface area (Å²) in [7, 11) is -1.91. The van der Waals surface area contributed by atoms with Gasteiger partial charge in [0.15, 0.2) is 8.32 Å². The number of ether oxygens (including phenoxy) is 1. The van der Waals surface area contributed by atoms with Crippen LogP contribution in [0.5, 0.6) is 0 Å². The topological polar surface area (TPSA) is 55.8 Å². The third kappa shape index (κ3) is 5.92. The highest BCUT2D eigenvalue weighted by Crippen LogP contribution is 2.38. The van der Waals surface area contributed by atoms with Gasteiger partial charge in [-0.2, -0.15) is 0 Å². The molecular weight excluding hydrogens is 284 g/mol. The molecule has 1 aliphatic rings. The van der Waals surface area contributed by atoms with Crippen LogP contribution in [0.4, 0.5) is 0 Å². The first kappa shape index (κ1) is 18.4. The molecule has 21 heavy (non-hydrogen) atoms. The van der Waals surface area contributed by atoms with Crippen LogP contribution in [0.25, 0.3) is 0 Å². The van der Waals surface area contributed by atoms with Crippen LogP contribution < -0.4 is 0 Å². The van der Waals surface area contributed by atoms with Crippen LogP contribution in [0, 0.1) is 0 Å². The molecule has 0 aromatic carbocycles. The largest absolute Gasteiger partial charge is 0.459 e. The van der Waals surface area contributed by atoms with Gasteiger partial charge in [-0.15, -0.1) is 0 Å². The van der Waals surface area contributed by atoms with Crippen LogP contribution in [0.1, 0.15) is 47.0 Å². The van der Waals surface area contributed by atoms with Gasteiger partial charge in [0, 0.05) is 18.9 Å². The van der Waals surface area contributed by atoms with Gasteiger partial charge in [0.2, 0.25) is 0 Å². The summed E-state index contributed by atoms with van der Waals surface area (Å²) >= 11 is 0. The standard InChI is InChI=1S/C16H30O4Si/c1-12(17)10-14(20-21(5,6)16(2,3)4)11-13-8-7-9-15(18)19-13/h7,9,12-14,17H,8,10-11H2,1-6H3/t12-,13-,14+/m1/s1. The van der Waals surface area contributed by atoms with Gasteiger partial charge in [-0.3, -0.25) is 0 Å². The Labute approximate surface area is 129 Å². The van der Waals surface area contributed by atoms with E-state index in [0.717, 1.165) is 6.42 Å². The Morgan fingerprint density at radius 3 is 2.57 bits per heavy atom. The third-order valence-electron chi connectivity index (χ3n) is 4.33. The third-order valence-corrected chi connectivity index (χ3v) is 8.87. The van der Waals surface area contributed by atoms with E-state index in [1.54, 1.807) is 6.92 Å². The van der Waals surface area contributed by atoms with Crippen LogP contribution in [-0.2, 0) is 14.0 Å². The molecule has 0 saturated heterocycles. The predicted octanol–water partition coefficient (Wildman–Crippen LogP) is 3.41. The minimum atomic E-state index is -1.91. The quantitative estimate of drug-likeness (QED) is 0.603. The molecule has 0 amide bonds. The van der Waals surface area contributed by atoms with E-state index in [2.05, 4.69) is 33.9 Å². The van der Waals surface area contributed by atoms with Gasteiger partial charge in [-0.05, 0) is 31.5 Å². The molecule has 0 radical (unpaired) electrons. The fraction of sp³-hybridized carbons (Fsp3) is 0.812. The van der Waals surface area contributed by atoms with Gasteiger partial charge >= 0.3 is 5.97 Å². The Hall–Kier alpha value is -0.653. The van der Waals surface area contributed by atoms with E-state index in [0.29, 0.717) is 12.8 Å². The SMILES string of the molecule is C[C@@H](O)C[C@@H](C[C@H]1CC=CC(=O)O1)O[Si](C)(C)C(C)(C)C. The molecule has 0 unspecified atom stereocenters. The summed E-state index contributed by atoms with van der Waals surface area (Å²) in [6.45, 7) is 12.8. The van der Waals surface area contributed by atoms with E-state index in [1.807, 2.05) is 6.08 Å². The summed E-state index contributed by atoms with van der Waals surface area (Å²) in [5, 5.41) is 9.84. The van der Waals surface area contributed by atoms with Crippen molar-refractivity contribution in [1.29, 1.82) is 0 Å². The lowest BCUT2D eigenvalue weighted by Crippen LogP contribution is -2.45. The van der Waals surface area contributed by atoms with Crippen molar-refractivity contribution in [3.8, 4) is 0 Å². The molecule has 122 valence electrons. The first-order valence-electron chi connectivity index (χ1n) is 7.74. The number of carbonyl (C=O) groups excluding carboxylic acids is 1. The zero-order chi connectivity index (χ0) is 16.3. The number of aliphatic hydroxyl groups excluding tert-OH is 1. The molecule has 0 saturated carbocycles. The molecular formula is C16H30O4Si. The fourth-order valence-corrected chi connectivity index (χ4v) is 3.55. The van der Waals surface area contributed by atoms with Crippen molar-refractivity contribution in [3.05, 3.63) is 12.2 Å². The average Bonchev–Trinajstić information content (AvgIpc) is 2.25. The molecule has 3 atom stereocenters. The molecule has 1 aliphatic heterocycles. The Balaban J connectivity index is 2.72. The second-order valence-corrected chi connectivity index (χ2v) is 12.3. The molecule has 0 spiro atoms. The van der Waals surface area contributed by atoms with Crippen molar-refractivity contribution in [2.24, 2.45) is 0 Å². The number of cyclic esters (lactones) is 1. The minimum Gasteiger partial charge on any atom is -0.459 e. The molecule has 0 bridgehead atoms. The van der Waals surface area contributed by atoms with Gasteiger partial charge in [0.05, 0.1) is 12.2 Å². The van der Waals surface area contributed by atoms with Crippen molar-refractivity contribution < 1.29 is 19.1 Å². The molecule has 1 rings (SSSR count). The Morgan fingerprint density at radius 2 is 2.10 bits per heavy atom. The summed E-state index contributed by atoms with van der Waals surface area (Å²) < 4.78 is 11.7. The van der Waals surface area contributed by atoms with Gasteiger partial charge in [-0.25, -0.2) is 4.79 Å². The fourth-order valence-electron chi connectivity index (χ4n) is 2.17. The maximum Gasteiger partial charge on any atom is 0.330 e. The summed E-state index contributed by atoms with van der Waals surface area (Å²) in [5.41, 5.74) is 0. The highest BCUT2D eigenvalue weighted by Gasteiger charge is 2.40. The molecule has 1 heterocycles. The molecule has 0 aromatic heterocycles. The zero-order valence-electron chi connectivity index (χ0n) is 14.2. The summed E-state index contributed by atoms with van der Waals surface area (Å²) in [6, 6.07) is 0. The molecule has 4 nitrogen and oxygen atoms in total. The summed E-state index contributed by atoms with van der Waals surface area (Å²) in [6.07, 6.45) is 4.62. The number of hydrogen-bond donors (Lipinski definition) is 1. The van der Waals surface area contributed by atoms with Crippen LogP contribution in [-0.4, -0.2) is 37.7 Å². The van der Waals surface area contributed by atoms with Gasteiger partial charge in [0.1, 0.15) is 6.10 Å². The van der Waals surface area contributed by atoms with E-state index < -0.39 is 14.4 Å². The van der Waals surface area contributed by atoms with Gasteiger partial charge in [-0.1, -0.05) is 26.8 Å². The van der Waals surface area contributed by atoms with Crippen molar-refractivity contribution in [3.63, 3.8) is 0 Å². The molecule has 0 aromatic rings. The Bertz CT molecular complexity index is 382. The van der Waals surface area contributed by atoms with Crippen LogP contribution in [0.15, 0.2) is 12.2 Å². The molecule has 1 N–H and O–H groups in total. The highest BCUT2D eigenvalue weighted by molar-refractivity contribution is 6.74. The van der Waals surface area contributed by atoms with Crippen molar-refractivity contribution in [1.82, 2.24) is 0 Å². The number of carbonyl (C=O) groups is 1. The number of rotatable bonds is 6. The normalized spacial score (nSPS) is 22.8. The van der Waals surface area contributed by atoms with E-state index >= 15 is 0 Å². The number of esters is 1. The monoisotopic (exact) mass is 314 g/mol. The molecule has 0 fully saturated rings. The molecule has 5 heteroatoms. The zero-order valence-corrected chi connectivity index (χ0v) is 15.2. The first-order valence-corrected chi connectivity index (χ1v) is 10.6. The minimum absolute atomic E-state index is 0.0739. The van der Waals surface area contributed by atoms with Crippen molar-refractivity contribution >= 4 is 14.3 Å². The maximum absolute atomic E-state index is 11.3. The van der Waals surface area contributed by atoms with Gasteiger partial charge in [0.25, 0.3) is 0 Å². The summed E-state index contributed by atoms with van der Waals surface area (Å²) in [5.74, 6) is -0.283. The van der Waals surface area contributed by atoms with E-state index in [4.69, 9.17) is 9.16 Å². The second-order valence-electron chi connectivity index (χ2n) is 7.52. The highest BCUT2D eigenvalue weighted by atomic mass is 28.4. The van der Waals surface area contributed by atoms with Crippen LogP contribution in [0.2, 0.25) is 18.1 Å². The number of hydrogen-bond acceptors (Lipinski definition) is 4. The first-order chi connectivity index (χ1) is 9.51. The number of aliphatic hydroxyl groups is 1. The Kier molecular flexibility index (Phi) is 6.19. The van der Waals surface area contributed by atoms with Crippen LogP contribution >= 0.6 is 0 Å². The van der Waals surface area contributed by atoms with Crippen molar-refractivity contribution in [2.75, 3.05) is 0 Å². The van der Waals surface area contributed by atoms with E-state index in [1.165, 1.54) is 6.08 Å². The average molecular weight is 314 g/mol. The lowest BCUT2D eigenvalue weighted by Gasteiger charge is -2.40. The van der Waals surface area contributed by atoms with E-state index in [9.17, 15) is 9.90 Å². The molecule has 0 aliphatic carbocycles. The second kappa shape index (κ2) is 7.07. The Morgan fingerprint density at radius 1 is 1.48 bits per heavy atom. The maximum atomic E-state index is 11.3. The lowest BCUT2D eigenvalue weighted by atomic mass is 10.0. The van der Waals surface area contributed by atoms with E-state index in [-0.39, 0.29) is 23.2 Å². The predicted molar refractivity (Wildman–Crippen MR) is 86.6 cm³/mol. The smallest absolute Gasteiger partial charge is 0.330 e. The van der Waals surface area contributed by atoms with Gasteiger partial charge < -0.3 is 14.3 Å².